The van der Waals surface area contributed by atoms with Gasteiger partial charge >= 0.3 is 0 Å². The third-order valence-electron chi connectivity index (χ3n) is 2.83. The van der Waals surface area contributed by atoms with Crippen LogP contribution in [0.2, 0.25) is 0 Å². The van der Waals surface area contributed by atoms with Gasteiger partial charge in [-0.25, -0.2) is 8.42 Å². The molecule has 1 aliphatic rings. The van der Waals surface area contributed by atoms with Gasteiger partial charge in [0.05, 0.1) is 11.9 Å². The molecular weight excluding hydrogens is 224 g/mol. The number of hydrogen-bond donors (Lipinski definition) is 1. The summed E-state index contributed by atoms with van der Waals surface area (Å²) in [5.74, 6) is 0. The summed E-state index contributed by atoms with van der Waals surface area (Å²) in [6.07, 6.45) is 2.88. The predicted octanol–water partition coefficient (Wildman–Crippen LogP) is 0.510. The minimum atomic E-state index is -3.13. The highest BCUT2D eigenvalue weighted by Crippen LogP contribution is 2.30. The van der Waals surface area contributed by atoms with Gasteiger partial charge in [-0.05, 0) is 36.6 Å². The molecule has 0 saturated heterocycles. The molecule has 0 spiro atoms. The van der Waals surface area contributed by atoms with E-state index < -0.39 is 10.0 Å². The molecule has 0 atom stereocenters. The standard InChI is InChI=1S/C11H16N2O2S/c1-16(14,15)13-7-5-10-8-9(4-6-12)2-3-11(10)13/h2-3,8H,4-7,12H2,1H3. The van der Waals surface area contributed by atoms with E-state index >= 15 is 0 Å². The van der Waals surface area contributed by atoms with Crippen LogP contribution in [-0.4, -0.2) is 27.8 Å². The molecule has 0 unspecified atom stereocenters. The Morgan fingerprint density at radius 3 is 2.81 bits per heavy atom. The first-order chi connectivity index (χ1) is 7.52. The lowest BCUT2D eigenvalue weighted by Gasteiger charge is -2.16. The molecule has 0 radical (unpaired) electrons. The molecule has 0 fully saturated rings. The van der Waals surface area contributed by atoms with Crippen molar-refractivity contribution < 1.29 is 8.42 Å². The van der Waals surface area contributed by atoms with Gasteiger partial charge < -0.3 is 5.73 Å². The van der Waals surface area contributed by atoms with E-state index in [0.717, 1.165) is 24.1 Å². The summed E-state index contributed by atoms with van der Waals surface area (Å²) in [7, 11) is -3.13. The lowest BCUT2D eigenvalue weighted by atomic mass is 10.1. The summed E-state index contributed by atoms with van der Waals surface area (Å²) in [6.45, 7) is 1.18. The van der Waals surface area contributed by atoms with Gasteiger partial charge in [-0.3, -0.25) is 4.31 Å². The van der Waals surface area contributed by atoms with Gasteiger partial charge in [-0.15, -0.1) is 0 Å². The number of benzene rings is 1. The summed E-state index contributed by atoms with van der Waals surface area (Å²) in [4.78, 5) is 0. The molecule has 1 aromatic rings. The van der Waals surface area contributed by atoms with Crippen molar-refractivity contribution in [3.05, 3.63) is 29.3 Å². The second-order valence-corrected chi connectivity index (χ2v) is 5.99. The molecule has 0 amide bonds. The smallest absolute Gasteiger partial charge is 0.232 e. The second kappa shape index (κ2) is 4.07. The van der Waals surface area contributed by atoms with Crippen molar-refractivity contribution in [2.75, 3.05) is 23.7 Å². The van der Waals surface area contributed by atoms with E-state index in [1.807, 2.05) is 12.1 Å². The number of sulfonamides is 1. The number of hydrogen-bond acceptors (Lipinski definition) is 3. The van der Waals surface area contributed by atoms with E-state index in [-0.39, 0.29) is 0 Å². The third kappa shape index (κ3) is 2.05. The minimum Gasteiger partial charge on any atom is -0.330 e. The summed E-state index contributed by atoms with van der Waals surface area (Å²) in [5.41, 5.74) is 8.60. The molecule has 0 aromatic heterocycles. The van der Waals surface area contributed by atoms with Gasteiger partial charge in [0.2, 0.25) is 10.0 Å². The van der Waals surface area contributed by atoms with Gasteiger partial charge in [0, 0.05) is 6.54 Å². The largest absolute Gasteiger partial charge is 0.330 e. The van der Waals surface area contributed by atoms with Crippen LogP contribution in [0.3, 0.4) is 0 Å². The molecule has 1 aromatic carbocycles. The molecule has 1 aliphatic heterocycles. The third-order valence-corrected chi connectivity index (χ3v) is 4.01. The summed E-state index contributed by atoms with van der Waals surface area (Å²) in [5, 5.41) is 0. The Morgan fingerprint density at radius 2 is 2.19 bits per heavy atom. The first-order valence-corrected chi connectivity index (χ1v) is 7.17. The molecule has 0 aliphatic carbocycles. The first-order valence-electron chi connectivity index (χ1n) is 5.32. The Balaban J connectivity index is 2.36. The van der Waals surface area contributed by atoms with Gasteiger partial charge in [0.15, 0.2) is 0 Å². The summed E-state index contributed by atoms with van der Waals surface area (Å²) >= 11 is 0. The fraction of sp³-hybridized carbons (Fsp3) is 0.455. The second-order valence-electron chi connectivity index (χ2n) is 4.09. The molecule has 88 valence electrons. The lowest BCUT2D eigenvalue weighted by molar-refractivity contribution is 0.598. The normalized spacial score (nSPS) is 15.2. The molecular formula is C11H16N2O2S. The van der Waals surface area contributed by atoms with E-state index in [1.54, 1.807) is 0 Å². The number of nitrogens with two attached hydrogens (primary N) is 1. The van der Waals surface area contributed by atoms with Crippen molar-refractivity contribution in [3.63, 3.8) is 0 Å². The number of rotatable bonds is 3. The minimum absolute atomic E-state index is 0.556. The molecule has 1 heterocycles. The van der Waals surface area contributed by atoms with Crippen molar-refractivity contribution in [2.24, 2.45) is 5.73 Å². The Kier molecular flexibility index (Phi) is 2.90. The van der Waals surface area contributed by atoms with Crippen molar-refractivity contribution in [2.45, 2.75) is 12.8 Å². The van der Waals surface area contributed by atoms with Crippen LogP contribution < -0.4 is 10.0 Å². The van der Waals surface area contributed by atoms with Crippen LogP contribution in [0.15, 0.2) is 18.2 Å². The highest BCUT2D eigenvalue weighted by atomic mass is 32.2. The molecule has 4 nitrogen and oxygen atoms in total. The van der Waals surface area contributed by atoms with Gasteiger partial charge in [-0.1, -0.05) is 12.1 Å². The molecule has 0 bridgehead atoms. The van der Waals surface area contributed by atoms with E-state index in [4.69, 9.17) is 5.73 Å². The average molecular weight is 240 g/mol. The van der Waals surface area contributed by atoms with Crippen LogP contribution >= 0.6 is 0 Å². The first kappa shape index (κ1) is 11.4. The van der Waals surface area contributed by atoms with E-state index in [0.29, 0.717) is 13.1 Å². The highest BCUT2D eigenvalue weighted by molar-refractivity contribution is 7.92. The SMILES string of the molecule is CS(=O)(=O)N1CCc2cc(CCN)ccc21. The monoisotopic (exact) mass is 240 g/mol. The zero-order chi connectivity index (χ0) is 11.8. The lowest BCUT2D eigenvalue weighted by Crippen LogP contribution is -2.27. The van der Waals surface area contributed by atoms with E-state index in [2.05, 4.69) is 6.07 Å². The van der Waals surface area contributed by atoms with Gasteiger partial charge in [0.25, 0.3) is 0 Å². The number of nitrogens with zero attached hydrogens (tertiary/aromatic N) is 1. The number of anilines is 1. The van der Waals surface area contributed by atoms with Crippen molar-refractivity contribution in [1.29, 1.82) is 0 Å². The van der Waals surface area contributed by atoms with Crippen molar-refractivity contribution >= 4 is 15.7 Å². The van der Waals surface area contributed by atoms with E-state index in [9.17, 15) is 8.42 Å². The summed E-state index contributed by atoms with van der Waals surface area (Å²) in [6, 6.07) is 5.90. The van der Waals surface area contributed by atoms with Gasteiger partial charge in [-0.2, -0.15) is 0 Å². The Morgan fingerprint density at radius 1 is 1.44 bits per heavy atom. The zero-order valence-corrected chi connectivity index (χ0v) is 10.1. The molecule has 5 heteroatoms. The molecule has 2 rings (SSSR count). The Labute approximate surface area is 96.1 Å². The Bertz CT molecular complexity index is 497. The highest BCUT2D eigenvalue weighted by Gasteiger charge is 2.25. The summed E-state index contributed by atoms with van der Waals surface area (Å²) < 4.78 is 24.5. The quantitative estimate of drug-likeness (QED) is 0.837. The maximum absolute atomic E-state index is 11.5. The van der Waals surface area contributed by atoms with Crippen LogP contribution in [0.5, 0.6) is 0 Å². The van der Waals surface area contributed by atoms with Crippen LogP contribution in [-0.2, 0) is 22.9 Å². The van der Waals surface area contributed by atoms with Crippen LogP contribution in [0.25, 0.3) is 0 Å². The van der Waals surface area contributed by atoms with Crippen molar-refractivity contribution in [3.8, 4) is 0 Å². The fourth-order valence-corrected chi connectivity index (χ4v) is 3.05. The van der Waals surface area contributed by atoms with E-state index in [1.165, 1.54) is 16.1 Å². The molecule has 2 N–H and O–H groups in total. The maximum Gasteiger partial charge on any atom is 0.232 e. The van der Waals surface area contributed by atoms with Gasteiger partial charge in [0.1, 0.15) is 0 Å². The Hall–Kier alpha value is -1.07. The van der Waals surface area contributed by atoms with Crippen molar-refractivity contribution in [1.82, 2.24) is 0 Å². The van der Waals surface area contributed by atoms with Crippen LogP contribution in [0, 0.1) is 0 Å². The fourth-order valence-electron chi connectivity index (χ4n) is 2.09. The van der Waals surface area contributed by atoms with Crippen LogP contribution in [0.1, 0.15) is 11.1 Å². The number of fused-ring (bicyclic) bond motifs is 1. The van der Waals surface area contributed by atoms with Crippen LogP contribution in [0.4, 0.5) is 5.69 Å². The molecule has 16 heavy (non-hydrogen) atoms. The maximum atomic E-state index is 11.5. The predicted molar refractivity (Wildman–Crippen MR) is 65.1 cm³/mol. The molecule has 0 saturated carbocycles. The average Bonchev–Trinajstić information content (AvgIpc) is 2.60. The zero-order valence-electron chi connectivity index (χ0n) is 9.31. The topological polar surface area (TPSA) is 63.4 Å².